The number of ether oxygens (including phenoxy) is 1. The number of benzene rings is 2. The summed E-state index contributed by atoms with van der Waals surface area (Å²) in [5, 5.41) is 11.7. The Labute approximate surface area is 135 Å². The topological polar surface area (TPSA) is 62.1 Å². The van der Waals surface area contributed by atoms with Crippen LogP contribution in [0, 0.1) is 11.3 Å². The number of hydrogen-bond donors (Lipinski definition) is 1. The van der Waals surface area contributed by atoms with Crippen LogP contribution in [0.2, 0.25) is 5.02 Å². The number of rotatable bonds is 4. The van der Waals surface area contributed by atoms with E-state index in [-0.39, 0.29) is 12.5 Å². The normalized spacial score (nSPS) is 9.76. The van der Waals surface area contributed by atoms with E-state index < -0.39 is 0 Å². The van der Waals surface area contributed by atoms with Crippen molar-refractivity contribution in [3.8, 4) is 11.8 Å². The lowest BCUT2D eigenvalue weighted by atomic mass is 10.2. The number of nitrogens with one attached hydrogen (secondary N) is 1. The van der Waals surface area contributed by atoms with Crippen molar-refractivity contribution in [1.29, 1.82) is 5.26 Å². The summed E-state index contributed by atoms with van der Waals surface area (Å²) in [6.07, 6.45) is 0. The van der Waals surface area contributed by atoms with Gasteiger partial charge in [0.05, 0.1) is 5.02 Å². The van der Waals surface area contributed by atoms with Gasteiger partial charge in [0.1, 0.15) is 11.8 Å². The van der Waals surface area contributed by atoms with Crippen LogP contribution in [0.4, 0.5) is 5.69 Å². The highest BCUT2D eigenvalue weighted by Crippen LogP contribution is 2.24. The van der Waals surface area contributed by atoms with E-state index in [1.165, 1.54) is 0 Å². The molecule has 0 spiro atoms. The summed E-state index contributed by atoms with van der Waals surface area (Å²) in [5.74, 6) is 0.316. The van der Waals surface area contributed by atoms with Crippen LogP contribution in [0.25, 0.3) is 0 Å². The second kappa shape index (κ2) is 7.11. The fourth-order valence-corrected chi connectivity index (χ4v) is 2.02. The molecule has 0 unspecified atom stereocenters. The van der Waals surface area contributed by atoms with Crippen LogP contribution < -0.4 is 10.1 Å². The summed E-state index contributed by atoms with van der Waals surface area (Å²) in [7, 11) is 0. The summed E-state index contributed by atoms with van der Waals surface area (Å²) in [5.41, 5.74) is 1.09. The van der Waals surface area contributed by atoms with Crippen molar-refractivity contribution >= 4 is 39.1 Å². The van der Waals surface area contributed by atoms with Crippen LogP contribution in [-0.4, -0.2) is 12.5 Å². The molecule has 0 bridgehead atoms. The quantitative estimate of drug-likeness (QED) is 0.880. The van der Waals surface area contributed by atoms with E-state index in [1.54, 1.807) is 42.5 Å². The molecule has 0 radical (unpaired) electrons. The summed E-state index contributed by atoms with van der Waals surface area (Å²) < 4.78 is 5.87. The lowest BCUT2D eigenvalue weighted by Gasteiger charge is -2.07. The molecule has 4 nitrogen and oxygen atoms in total. The third kappa shape index (κ3) is 4.22. The van der Waals surface area contributed by atoms with Crippen molar-refractivity contribution in [2.75, 3.05) is 11.9 Å². The van der Waals surface area contributed by atoms with Crippen LogP contribution in [0.1, 0.15) is 10.4 Å². The first-order chi connectivity index (χ1) is 10.1. The maximum atomic E-state index is 12.1. The van der Waals surface area contributed by atoms with E-state index >= 15 is 0 Å². The Bertz CT molecular complexity index is 696. The number of hydrogen-bond acceptors (Lipinski definition) is 3. The minimum absolute atomic E-state index is 0.0108. The first-order valence-electron chi connectivity index (χ1n) is 5.96. The molecule has 21 heavy (non-hydrogen) atoms. The Kier molecular flexibility index (Phi) is 5.20. The van der Waals surface area contributed by atoms with Crippen molar-refractivity contribution in [2.45, 2.75) is 0 Å². The van der Waals surface area contributed by atoms with Crippen LogP contribution in [-0.2, 0) is 0 Å². The molecule has 0 aromatic heterocycles. The molecule has 0 saturated carbocycles. The molecule has 0 heterocycles. The zero-order valence-electron chi connectivity index (χ0n) is 10.8. The zero-order valence-corrected chi connectivity index (χ0v) is 13.1. The first-order valence-corrected chi connectivity index (χ1v) is 7.13. The van der Waals surface area contributed by atoms with Crippen molar-refractivity contribution in [3.63, 3.8) is 0 Å². The molecular weight excluding hydrogens is 356 g/mol. The molecule has 2 rings (SSSR count). The third-order valence-electron chi connectivity index (χ3n) is 2.60. The highest BCUT2D eigenvalue weighted by atomic mass is 79.9. The molecule has 0 aliphatic heterocycles. The number of carbonyl (C=O) groups excluding carboxylic acids is 1. The van der Waals surface area contributed by atoms with E-state index in [9.17, 15) is 4.79 Å². The SMILES string of the molecule is N#CCOc1ccc(NC(=O)c2ccc(Br)c(Cl)c2)cc1. The predicted octanol–water partition coefficient (Wildman–Crippen LogP) is 4.26. The van der Waals surface area contributed by atoms with Crippen LogP contribution >= 0.6 is 27.5 Å². The van der Waals surface area contributed by atoms with Gasteiger partial charge in [0, 0.05) is 15.7 Å². The molecule has 0 saturated heterocycles. The van der Waals surface area contributed by atoms with Gasteiger partial charge in [-0.2, -0.15) is 5.26 Å². The molecule has 2 aromatic carbocycles. The molecule has 0 aliphatic carbocycles. The molecule has 1 N–H and O–H groups in total. The van der Waals surface area contributed by atoms with E-state index in [1.807, 2.05) is 6.07 Å². The highest BCUT2D eigenvalue weighted by Gasteiger charge is 2.08. The Hall–Kier alpha value is -2.03. The van der Waals surface area contributed by atoms with Gasteiger partial charge in [0.25, 0.3) is 5.91 Å². The smallest absolute Gasteiger partial charge is 0.255 e. The largest absolute Gasteiger partial charge is 0.479 e. The fraction of sp³-hybridized carbons (Fsp3) is 0.0667. The number of amides is 1. The van der Waals surface area contributed by atoms with Gasteiger partial charge in [0.2, 0.25) is 0 Å². The van der Waals surface area contributed by atoms with E-state index in [2.05, 4.69) is 21.2 Å². The van der Waals surface area contributed by atoms with Gasteiger partial charge in [-0.05, 0) is 58.4 Å². The van der Waals surface area contributed by atoms with Crippen molar-refractivity contribution in [1.82, 2.24) is 0 Å². The molecule has 0 aliphatic rings. The standard InChI is InChI=1S/C15H10BrClN2O2/c16-13-6-1-10(9-14(13)17)15(20)19-11-2-4-12(5-3-11)21-8-7-18/h1-6,9H,8H2,(H,19,20). The van der Waals surface area contributed by atoms with Gasteiger partial charge in [0.15, 0.2) is 6.61 Å². The number of nitrogens with zero attached hydrogens (tertiary/aromatic N) is 1. The number of nitriles is 1. The van der Waals surface area contributed by atoms with Crippen LogP contribution in [0.3, 0.4) is 0 Å². The van der Waals surface area contributed by atoms with Gasteiger partial charge in [-0.1, -0.05) is 11.6 Å². The summed E-state index contributed by atoms with van der Waals surface area (Å²) in [6.45, 7) is -0.0108. The average Bonchev–Trinajstić information content (AvgIpc) is 2.49. The molecule has 6 heteroatoms. The van der Waals surface area contributed by atoms with Crippen LogP contribution in [0.5, 0.6) is 5.75 Å². The lowest BCUT2D eigenvalue weighted by Crippen LogP contribution is -2.11. The number of carbonyl (C=O) groups is 1. The summed E-state index contributed by atoms with van der Waals surface area (Å²) >= 11 is 9.23. The summed E-state index contributed by atoms with van der Waals surface area (Å²) in [4.78, 5) is 12.1. The van der Waals surface area contributed by atoms with Gasteiger partial charge < -0.3 is 10.1 Å². The molecule has 106 valence electrons. The Balaban J connectivity index is 2.05. The second-order valence-electron chi connectivity index (χ2n) is 4.05. The fourth-order valence-electron chi connectivity index (χ4n) is 1.59. The Morgan fingerprint density at radius 1 is 1.29 bits per heavy atom. The predicted molar refractivity (Wildman–Crippen MR) is 84.7 cm³/mol. The molecule has 0 fully saturated rings. The van der Waals surface area contributed by atoms with Gasteiger partial charge >= 0.3 is 0 Å². The zero-order chi connectivity index (χ0) is 15.2. The lowest BCUT2D eigenvalue weighted by molar-refractivity contribution is 0.102. The van der Waals surface area contributed by atoms with Gasteiger partial charge in [-0.15, -0.1) is 0 Å². The maximum Gasteiger partial charge on any atom is 0.255 e. The molecular formula is C15H10BrClN2O2. The molecule has 1 amide bonds. The molecule has 2 aromatic rings. The van der Waals surface area contributed by atoms with Crippen molar-refractivity contribution in [2.24, 2.45) is 0 Å². The molecule has 0 atom stereocenters. The maximum absolute atomic E-state index is 12.1. The number of halogens is 2. The van der Waals surface area contributed by atoms with Crippen LogP contribution in [0.15, 0.2) is 46.9 Å². The van der Waals surface area contributed by atoms with Crippen molar-refractivity contribution < 1.29 is 9.53 Å². The van der Waals surface area contributed by atoms with E-state index in [0.717, 1.165) is 4.47 Å². The number of anilines is 1. The van der Waals surface area contributed by atoms with E-state index in [4.69, 9.17) is 21.6 Å². The monoisotopic (exact) mass is 364 g/mol. The highest BCUT2D eigenvalue weighted by molar-refractivity contribution is 9.10. The van der Waals surface area contributed by atoms with Gasteiger partial charge in [-0.3, -0.25) is 4.79 Å². The summed E-state index contributed by atoms with van der Waals surface area (Å²) in [6, 6.07) is 13.6. The second-order valence-corrected chi connectivity index (χ2v) is 5.32. The van der Waals surface area contributed by atoms with Crippen molar-refractivity contribution in [3.05, 3.63) is 57.5 Å². The Morgan fingerprint density at radius 3 is 2.62 bits per heavy atom. The van der Waals surface area contributed by atoms with E-state index in [0.29, 0.717) is 22.0 Å². The third-order valence-corrected chi connectivity index (χ3v) is 3.83. The van der Waals surface area contributed by atoms with Gasteiger partial charge in [-0.25, -0.2) is 0 Å². The minimum Gasteiger partial charge on any atom is -0.479 e. The Morgan fingerprint density at radius 2 is 2.00 bits per heavy atom. The minimum atomic E-state index is -0.255. The average molecular weight is 366 g/mol. The first kappa shape index (κ1) is 15.4.